The molecule has 3 rings (SSSR count). The van der Waals surface area contributed by atoms with Crippen molar-refractivity contribution >= 4 is 19.7 Å². The predicted molar refractivity (Wildman–Crippen MR) is 64.7 cm³/mol. The first kappa shape index (κ1) is 11.7. The summed E-state index contributed by atoms with van der Waals surface area (Å²) in [5.74, 6) is 1.52. The molecular weight excluding hydrogens is 276 g/mol. The second-order valence-electron chi connectivity index (χ2n) is 4.19. The molecule has 0 spiro atoms. The van der Waals surface area contributed by atoms with Crippen LogP contribution in [-0.4, -0.2) is 18.6 Å². The van der Waals surface area contributed by atoms with Crippen LogP contribution >= 0.6 is 10.7 Å². The first-order chi connectivity index (χ1) is 8.54. The zero-order valence-corrected chi connectivity index (χ0v) is 10.8. The summed E-state index contributed by atoms with van der Waals surface area (Å²) in [7, 11) is 1.54. The molecule has 1 saturated carbocycles. The van der Waals surface area contributed by atoms with Gasteiger partial charge in [-0.05, 0) is 37.1 Å². The van der Waals surface area contributed by atoms with Crippen LogP contribution < -0.4 is 0 Å². The van der Waals surface area contributed by atoms with Crippen molar-refractivity contribution in [1.82, 2.24) is 10.1 Å². The molecule has 1 fully saturated rings. The lowest BCUT2D eigenvalue weighted by molar-refractivity contribution is 0.380. The van der Waals surface area contributed by atoms with E-state index >= 15 is 0 Å². The predicted octanol–water partition coefficient (Wildman–Crippen LogP) is 2.54. The Morgan fingerprint density at radius 2 is 1.89 bits per heavy atom. The van der Waals surface area contributed by atoms with Gasteiger partial charge in [0.25, 0.3) is 9.05 Å². The van der Waals surface area contributed by atoms with Crippen LogP contribution in [0.25, 0.3) is 11.4 Å². The van der Waals surface area contributed by atoms with Crippen LogP contribution in [0, 0.1) is 0 Å². The third-order valence-electron chi connectivity index (χ3n) is 2.76. The van der Waals surface area contributed by atoms with Crippen LogP contribution in [0.5, 0.6) is 0 Å². The number of benzene rings is 1. The smallest absolute Gasteiger partial charge is 0.261 e. The molecule has 0 N–H and O–H groups in total. The highest BCUT2D eigenvalue weighted by Crippen LogP contribution is 2.39. The highest BCUT2D eigenvalue weighted by Gasteiger charge is 2.29. The van der Waals surface area contributed by atoms with E-state index in [-0.39, 0.29) is 4.90 Å². The van der Waals surface area contributed by atoms with Gasteiger partial charge in [-0.15, -0.1) is 0 Å². The maximum atomic E-state index is 11.1. The van der Waals surface area contributed by atoms with Gasteiger partial charge in [-0.25, -0.2) is 8.42 Å². The fraction of sp³-hybridized carbons (Fsp3) is 0.273. The summed E-state index contributed by atoms with van der Waals surface area (Å²) >= 11 is 0. The van der Waals surface area contributed by atoms with E-state index in [1.807, 2.05) is 0 Å². The van der Waals surface area contributed by atoms with Crippen molar-refractivity contribution in [3.63, 3.8) is 0 Å². The number of halogens is 1. The molecule has 1 aromatic heterocycles. The Morgan fingerprint density at radius 1 is 1.22 bits per heavy atom. The Hall–Kier alpha value is -1.40. The third kappa shape index (κ3) is 2.26. The minimum atomic E-state index is -3.69. The van der Waals surface area contributed by atoms with Crippen LogP contribution in [0.15, 0.2) is 33.7 Å². The normalized spacial score (nSPS) is 15.8. The summed E-state index contributed by atoms with van der Waals surface area (Å²) < 4.78 is 27.3. The number of hydrogen-bond donors (Lipinski definition) is 0. The summed E-state index contributed by atoms with van der Waals surface area (Å²) in [4.78, 5) is 4.33. The van der Waals surface area contributed by atoms with Gasteiger partial charge in [-0.1, -0.05) is 5.16 Å². The number of rotatable bonds is 3. The van der Waals surface area contributed by atoms with Gasteiger partial charge in [0, 0.05) is 22.2 Å². The van der Waals surface area contributed by atoms with Crippen molar-refractivity contribution in [1.29, 1.82) is 0 Å². The molecule has 94 valence electrons. The van der Waals surface area contributed by atoms with E-state index < -0.39 is 9.05 Å². The standard InChI is InChI=1S/C11H9ClN2O3S/c12-18(15,16)9-5-3-7(4-6-9)10-13-11(17-14-10)8-1-2-8/h3-6,8H,1-2H2. The molecule has 0 amide bonds. The van der Waals surface area contributed by atoms with Gasteiger partial charge in [-0.3, -0.25) is 0 Å². The van der Waals surface area contributed by atoms with E-state index in [9.17, 15) is 8.42 Å². The van der Waals surface area contributed by atoms with E-state index in [0.29, 0.717) is 23.2 Å². The fourth-order valence-electron chi connectivity index (χ4n) is 1.62. The van der Waals surface area contributed by atoms with E-state index in [2.05, 4.69) is 10.1 Å². The zero-order chi connectivity index (χ0) is 12.8. The highest BCUT2D eigenvalue weighted by molar-refractivity contribution is 8.13. The fourth-order valence-corrected chi connectivity index (χ4v) is 2.38. The molecule has 0 bridgehead atoms. The molecule has 0 radical (unpaired) electrons. The summed E-state index contributed by atoms with van der Waals surface area (Å²) in [6, 6.07) is 6.06. The van der Waals surface area contributed by atoms with Crippen molar-refractivity contribution in [2.45, 2.75) is 23.7 Å². The average Bonchev–Trinajstić information content (AvgIpc) is 3.06. The molecule has 1 aliphatic rings. The SMILES string of the molecule is O=S(=O)(Cl)c1ccc(-c2noc(C3CC3)n2)cc1. The summed E-state index contributed by atoms with van der Waals surface area (Å²) in [5, 5.41) is 3.87. The van der Waals surface area contributed by atoms with Crippen molar-refractivity contribution < 1.29 is 12.9 Å². The maximum absolute atomic E-state index is 11.1. The van der Waals surface area contributed by atoms with Gasteiger partial charge >= 0.3 is 0 Å². The first-order valence-corrected chi connectivity index (χ1v) is 7.74. The number of hydrogen-bond acceptors (Lipinski definition) is 5. The van der Waals surface area contributed by atoms with Crippen molar-refractivity contribution in [2.24, 2.45) is 0 Å². The molecule has 0 unspecified atom stereocenters. The highest BCUT2D eigenvalue weighted by atomic mass is 35.7. The topological polar surface area (TPSA) is 73.1 Å². The molecule has 1 aliphatic carbocycles. The maximum Gasteiger partial charge on any atom is 0.261 e. The summed E-state index contributed by atoms with van der Waals surface area (Å²) in [6.07, 6.45) is 2.18. The Labute approximate surface area is 108 Å². The van der Waals surface area contributed by atoms with Crippen LogP contribution in [-0.2, 0) is 9.05 Å². The lowest BCUT2D eigenvalue weighted by Gasteiger charge is -1.97. The third-order valence-corrected chi connectivity index (χ3v) is 4.13. The molecular formula is C11H9ClN2O3S. The van der Waals surface area contributed by atoms with Crippen molar-refractivity contribution in [3.05, 3.63) is 30.2 Å². The van der Waals surface area contributed by atoms with E-state index in [1.165, 1.54) is 12.1 Å². The molecule has 7 heteroatoms. The minimum Gasteiger partial charge on any atom is -0.339 e. The Bertz CT molecular complexity index is 675. The first-order valence-electron chi connectivity index (χ1n) is 5.43. The second-order valence-corrected chi connectivity index (χ2v) is 6.76. The average molecular weight is 285 g/mol. The largest absolute Gasteiger partial charge is 0.339 e. The van der Waals surface area contributed by atoms with Gasteiger partial charge in [0.1, 0.15) is 0 Å². The molecule has 2 aromatic rings. The minimum absolute atomic E-state index is 0.0545. The second kappa shape index (κ2) is 4.07. The van der Waals surface area contributed by atoms with Gasteiger partial charge in [0.2, 0.25) is 11.7 Å². The number of nitrogens with zero attached hydrogens (tertiary/aromatic N) is 2. The molecule has 18 heavy (non-hydrogen) atoms. The molecule has 5 nitrogen and oxygen atoms in total. The van der Waals surface area contributed by atoms with Crippen LogP contribution in [0.2, 0.25) is 0 Å². The Morgan fingerprint density at radius 3 is 2.44 bits per heavy atom. The molecule has 0 aliphatic heterocycles. The Balaban J connectivity index is 1.91. The van der Waals surface area contributed by atoms with Crippen LogP contribution in [0.3, 0.4) is 0 Å². The van der Waals surface area contributed by atoms with Gasteiger partial charge < -0.3 is 4.52 Å². The monoisotopic (exact) mass is 284 g/mol. The lowest BCUT2D eigenvalue weighted by atomic mass is 10.2. The quantitative estimate of drug-likeness (QED) is 0.810. The van der Waals surface area contributed by atoms with Gasteiger partial charge in [0.05, 0.1) is 4.90 Å². The van der Waals surface area contributed by atoms with E-state index in [4.69, 9.17) is 15.2 Å². The van der Waals surface area contributed by atoms with E-state index in [1.54, 1.807) is 12.1 Å². The van der Waals surface area contributed by atoms with Gasteiger partial charge in [-0.2, -0.15) is 4.98 Å². The summed E-state index contributed by atoms with van der Waals surface area (Å²) in [6.45, 7) is 0. The lowest BCUT2D eigenvalue weighted by Crippen LogP contribution is -1.90. The zero-order valence-electron chi connectivity index (χ0n) is 9.21. The molecule has 1 heterocycles. The summed E-state index contributed by atoms with van der Waals surface area (Å²) in [5.41, 5.74) is 0.703. The number of aromatic nitrogens is 2. The van der Waals surface area contributed by atoms with Crippen molar-refractivity contribution in [3.8, 4) is 11.4 Å². The molecule has 1 aromatic carbocycles. The molecule has 0 saturated heterocycles. The molecule has 0 atom stereocenters. The van der Waals surface area contributed by atoms with Crippen molar-refractivity contribution in [2.75, 3.05) is 0 Å². The Kier molecular flexibility index (Phi) is 2.64. The van der Waals surface area contributed by atoms with E-state index in [0.717, 1.165) is 12.8 Å². The van der Waals surface area contributed by atoms with Crippen LogP contribution in [0.1, 0.15) is 24.7 Å². The van der Waals surface area contributed by atoms with Crippen LogP contribution in [0.4, 0.5) is 0 Å². The van der Waals surface area contributed by atoms with Gasteiger partial charge in [0.15, 0.2) is 0 Å².